The summed E-state index contributed by atoms with van der Waals surface area (Å²) in [5.74, 6) is 5.66. The van der Waals surface area contributed by atoms with E-state index in [1.54, 1.807) is 0 Å². The summed E-state index contributed by atoms with van der Waals surface area (Å²) in [6.45, 7) is 1.53. The molecule has 0 atom stereocenters. The van der Waals surface area contributed by atoms with E-state index in [1.807, 2.05) is 24.3 Å². The van der Waals surface area contributed by atoms with Crippen molar-refractivity contribution in [3.63, 3.8) is 0 Å². The molecule has 0 bridgehead atoms. The minimum Gasteiger partial charge on any atom is -0.478 e. The van der Waals surface area contributed by atoms with Crippen LogP contribution >= 0.6 is 11.8 Å². The van der Waals surface area contributed by atoms with E-state index in [2.05, 4.69) is 11.8 Å². The smallest absolute Gasteiger partial charge is 0.328 e. The third kappa shape index (κ3) is 6.49. The van der Waals surface area contributed by atoms with Gasteiger partial charge in [0.2, 0.25) is 0 Å². The number of carbonyl (C=O) groups excluding carboxylic acids is 1. The molecule has 0 aliphatic carbocycles. The third-order valence-corrected chi connectivity index (χ3v) is 2.94. The van der Waals surface area contributed by atoms with Crippen LogP contribution < -0.4 is 0 Å². The minimum atomic E-state index is -0.986. The van der Waals surface area contributed by atoms with Gasteiger partial charge in [0.1, 0.15) is 0 Å². The van der Waals surface area contributed by atoms with Gasteiger partial charge in [-0.05, 0) is 17.7 Å². The Bertz CT molecular complexity index is 550. The average molecular weight is 274 g/mol. The molecule has 0 aliphatic rings. The quantitative estimate of drug-likeness (QED) is 0.521. The summed E-state index contributed by atoms with van der Waals surface area (Å²) in [6, 6.07) is 7.34. The first-order valence-electron chi connectivity index (χ1n) is 5.72. The lowest BCUT2D eigenvalue weighted by atomic mass is 10.1. The number of carbonyl (C=O) groups is 2. The summed E-state index contributed by atoms with van der Waals surface area (Å²) in [5.41, 5.74) is 1.56. The van der Waals surface area contributed by atoms with E-state index < -0.39 is 5.97 Å². The Morgan fingerprint density at radius 1 is 1.37 bits per heavy atom. The van der Waals surface area contributed by atoms with Crippen LogP contribution in [0.4, 0.5) is 0 Å². The van der Waals surface area contributed by atoms with Gasteiger partial charge < -0.3 is 5.11 Å². The molecular weight excluding hydrogens is 260 g/mol. The van der Waals surface area contributed by atoms with Crippen molar-refractivity contribution < 1.29 is 14.7 Å². The molecular formula is C15H14O3S. The van der Waals surface area contributed by atoms with Gasteiger partial charge in [-0.3, -0.25) is 4.79 Å². The first-order chi connectivity index (χ1) is 9.09. The topological polar surface area (TPSA) is 54.4 Å². The Kier molecular flexibility index (Phi) is 6.48. The number of aliphatic carboxylic acids is 1. The fraction of sp³-hybridized carbons (Fsp3) is 0.200. The normalized spacial score (nSPS) is 9.95. The molecule has 98 valence electrons. The molecule has 1 N–H and O–H groups in total. The summed E-state index contributed by atoms with van der Waals surface area (Å²) in [4.78, 5) is 21.2. The SMILES string of the molecule is CC(=O)SCCC#Cc1ccccc1/C=C/C(=O)O. The van der Waals surface area contributed by atoms with Crippen molar-refractivity contribution >= 4 is 28.9 Å². The molecule has 0 radical (unpaired) electrons. The number of hydrogen-bond acceptors (Lipinski definition) is 3. The second-order valence-electron chi connectivity index (χ2n) is 3.65. The standard InChI is InChI=1S/C15H14O3S/c1-12(16)19-11-5-4-8-13-6-2-3-7-14(13)9-10-15(17)18/h2-3,6-7,9-10H,5,11H2,1H3,(H,17,18)/b10-9+. The van der Waals surface area contributed by atoms with Crippen LogP contribution in [0, 0.1) is 11.8 Å². The highest BCUT2D eigenvalue weighted by Crippen LogP contribution is 2.09. The first-order valence-corrected chi connectivity index (χ1v) is 6.70. The second-order valence-corrected chi connectivity index (χ2v) is 4.92. The highest BCUT2D eigenvalue weighted by molar-refractivity contribution is 8.13. The molecule has 1 rings (SSSR count). The van der Waals surface area contributed by atoms with E-state index >= 15 is 0 Å². The van der Waals surface area contributed by atoms with Crippen molar-refractivity contribution in [3.8, 4) is 11.8 Å². The highest BCUT2D eigenvalue weighted by atomic mass is 32.2. The Morgan fingerprint density at radius 3 is 2.79 bits per heavy atom. The van der Waals surface area contributed by atoms with Crippen LogP contribution in [0.1, 0.15) is 24.5 Å². The lowest BCUT2D eigenvalue weighted by molar-refractivity contribution is -0.131. The predicted octanol–water partition coefficient (Wildman–Crippen LogP) is 2.81. The summed E-state index contributed by atoms with van der Waals surface area (Å²) in [7, 11) is 0. The van der Waals surface area contributed by atoms with Gasteiger partial charge in [-0.1, -0.05) is 41.8 Å². The lowest BCUT2D eigenvalue weighted by Crippen LogP contribution is -1.88. The molecule has 1 aromatic carbocycles. The highest BCUT2D eigenvalue weighted by Gasteiger charge is 1.96. The molecule has 0 spiro atoms. The first kappa shape index (κ1) is 15.1. The molecule has 0 unspecified atom stereocenters. The molecule has 0 amide bonds. The number of carboxylic acid groups (broad SMARTS) is 1. The Hall–Kier alpha value is -1.99. The van der Waals surface area contributed by atoms with Crippen LogP contribution in [0.5, 0.6) is 0 Å². The van der Waals surface area contributed by atoms with Gasteiger partial charge in [-0.2, -0.15) is 0 Å². The van der Waals surface area contributed by atoms with E-state index in [-0.39, 0.29) is 5.12 Å². The van der Waals surface area contributed by atoms with Crippen molar-refractivity contribution in [1.29, 1.82) is 0 Å². The molecule has 0 fully saturated rings. The molecule has 3 nitrogen and oxygen atoms in total. The van der Waals surface area contributed by atoms with Crippen LogP contribution in [0.3, 0.4) is 0 Å². The molecule has 0 aliphatic heterocycles. The fourth-order valence-electron chi connectivity index (χ4n) is 1.32. The maximum Gasteiger partial charge on any atom is 0.328 e. The number of rotatable bonds is 4. The largest absolute Gasteiger partial charge is 0.478 e. The van der Waals surface area contributed by atoms with Crippen molar-refractivity contribution in [1.82, 2.24) is 0 Å². The van der Waals surface area contributed by atoms with Crippen molar-refractivity contribution in [2.75, 3.05) is 5.75 Å². The predicted molar refractivity (Wildman–Crippen MR) is 77.7 cm³/mol. The van der Waals surface area contributed by atoms with Gasteiger partial charge in [0, 0.05) is 30.7 Å². The van der Waals surface area contributed by atoms with Crippen molar-refractivity contribution in [2.45, 2.75) is 13.3 Å². The number of benzene rings is 1. The molecule has 0 aromatic heterocycles. The minimum absolute atomic E-state index is 0.0894. The molecule has 0 saturated carbocycles. The van der Waals surface area contributed by atoms with Crippen molar-refractivity contribution in [3.05, 3.63) is 41.5 Å². The zero-order chi connectivity index (χ0) is 14.1. The average Bonchev–Trinajstić information content (AvgIpc) is 2.36. The van der Waals surface area contributed by atoms with Gasteiger partial charge >= 0.3 is 5.97 Å². The van der Waals surface area contributed by atoms with Gasteiger partial charge in [-0.25, -0.2) is 4.79 Å². The fourth-order valence-corrected chi connectivity index (χ4v) is 1.81. The third-order valence-electron chi connectivity index (χ3n) is 2.12. The van der Waals surface area contributed by atoms with Gasteiger partial charge in [0.25, 0.3) is 0 Å². The van der Waals surface area contributed by atoms with E-state index in [0.717, 1.165) is 17.2 Å². The van der Waals surface area contributed by atoms with Crippen molar-refractivity contribution in [2.24, 2.45) is 0 Å². The maximum atomic E-state index is 10.7. The van der Waals surface area contributed by atoms with Crippen LogP contribution in [0.2, 0.25) is 0 Å². The van der Waals surface area contributed by atoms with Gasteiger partial charge in [0.15, 0.2) is 5.12 Å². The van der Waals surface area contributed by atoms with Gasteiger partial charge in [0.05, 0.1) is 0 Å². The summed E-state index contributed by atoms with van der Waals surface area (Å²) in [5, 5.41) is 8.70. The monoisotopic (exact) mass is 274 g/mol. The zero-order valence-corrected chi connectivity index (χ0v) is 11.4. The maximum absolute atomic E-state index is 10.7. The van der Waals surface area contributed by atoms with E-state index in [1.165, 1.54) is 24.8 Å². The summed E-state index contributed by atoms with van der Waals surface area (Å²) < 4.78 is 0. The molecule has 0 saturated heterocycles. The Morgan fingerprint density at radius 2 is 2.11 bits per heavy atom. The van der Waals surface area contributed by atoms with Crippen LogP contribution in [0.15, 0.2) is 30.3 Å². The van der Waals surface area contributed by atoms with Crippen LogP contribution in [0.25, 0.3) is 6.08 Å². The van der Waals surface area contributed by atoms with Gasteiger partial charge in [-0.15, -0.1) is 0 Å². The van der Waals surface area contributed by atoms with Crippen LogP contribution in [-0.4, -0.2) is 21.9 Å². The number of hydrogen-bond donors (Lipinski definition) is 1. The summed E-state index contributed by atoms with van der Waals surface area (Å²) in [6.07, 6.45) is 3.24. The second kappa shape index (κ2) is 8.17. The Balaban J connectivity index is 2.70. The number of carboxylic acids is 1. The molecule has 0 heterocycles. The number of thioether (sulfide) groups is 1. The van der Waals surface area contributed by atoms with E-state index in [0.29, 0.717) is 12.2 Å². The lowest BCUT2D eigenvalue weighted by Gasteiger charge is -1.97. The molecule has 1 aromatic rings. The molecule has 4 heteroatoms. The Labute approximate surface area is 116 Å². The summed E-state index contributed by atoms with van der Waals surface area (Å²) >= 11 is 1.25. The van der Waals surface area contributed by atoms with E-state index in [4.69, 9.17) is 5.11 Å². The van der Waals surface area contributed by atoms with Crippen LogP contribution in [-0.2, 0) is 9.59 Å². The molecule has 19 heavy (non-hydrogen) atoms. The van der Waals surface area contributed by atoms with E-state index in [9.17, 15) is 9.59 Å². The zero-order valence-electron chi connectivity index (χ0n) is 10.6.